The van der Waals surface area contributed by atoms with Crippen molar-refractivity contribution in [2.45, 2.75) is 12.6 Å². The third kappa shape index (κ3) is 3.39. The lowest BCUT2D eigenvalue weighted by atomic mass is 10.1. The first-order valence-corrected chi connectivity index (χ1v) is 6.53. The molecule has 5 heteroatoms. The summed E-state index contributed by atoms with van der Waals surface area (Å²) in [5, 5.41) is 8.41. The fraction of sp³-hybridized carbons (Fsp3) is 0.417. The summed E-state index contributed by atoms with van der Waals surface area (Å²) in [7, 11) is 4.00. The third-order valence-corrected chi connectivity index (χ3v) is 3.43. The first-order chi connectivity index (χ1) is 8.15. The highest BCUT2D eigenvalue weighted by atomic mass is 32.1. The van der Waals surface area contributed by atoms with Gasteiger partial charge in [0, 0.05) is 37.9 Å². The molecule has 0 aliphatic heterocycles. The van der Waals surface area contributed by atoms with Gasteiger partial charge in [0.2, 0.25) is 0 Å². The van der Waals surface area contributed by atoms with E-state index in [4.69, 9.17) is 5.73 Å². The largest absolute Gasteiger partial charge is 0.323 e. The van der Waals surface area contributed by atoms with Crippen LogP contribution in [0.1, 0.15) is 17.2 Å². The average Bonchev–Trinajstić information content (AvgIpc) is 2.89. The number of hydrogen-bond donors (Lipinski definition) is 1. The lowest BCUT2D eigenvalue weighted by molar-refractivity contribution is 0.305. The van der Waals surface area contributed by atoms with Gasteiger partial charge in [-0.1, -0.05) is 0 Å². The summed E-state index contributed by atoms with van der Waals surface area (Å²) in [6.45, 7) is 1.78. The van der Waals surface area contributed by atoms with Gasteiger partial charge in [-0.25, -0.2) is 0 Å². The van der Waals surface area contributed by atoms with E-state index in [1.807, 2.05) is 19.4 Å². The van der Waals surface area contributed by atoms with Crippen LogP contribution in [0.25, 0.3) is 0 Å². The number of nitrogens with two attached hydrogens (primary N) is 1. The molecule has 17 heavy (non-hydrogen) atoms. The molecule has 1 atom stereocenters. The molecule has 4 nitrogen and oxygen atoms in total. The second-order valence-corrected chi connectivity index (χ2v) is 5.16. The molecule has 0 saturated heterocycles. The molecule has 0 aliphatic carbocycles. The van der Waals surface area contributed by atoms with Crippen LogP contribution in [0.2, 0.25) is 0 Å². The monoisotopic (exact) mass is 250 g/mol. The van der Waals surface area contributed by atoms with Crippen molar-refractivity contribution in [2.75, 3.05) is 13.6 Å². The minimum atomic E-state index is 0.0207. The SMILES string of the molecule is CN(Cc1ccsc1)CC(N)c1cnn(C)c1. The van der Waals surface area contributed by atoms with E-state index in [-0.39, 0.29) is 6.04 Å². The number of likely N-dealkylation sites (N-methyl/N-ethyl adjacent to an activating group) is 1. The number of nitrogens with zero attached hydrogens (tertiary/aromatic N) is 3. The first-order valence-electron chi connectivity index (χ1n) is 5.59. The molecule has 92 valence electrons. The molecule has 0 saturated carbocycles. The van der Waals surface area contributed by atoms with Crippen molar-refractivity contribution in [3.05, 3.63) is 40.3 Å². The van der Waals surface area contributed by atoms with Crippen LogP contribution in [0, 0.1) is 0 Å². The summed E-state index contributed by atoms with van der Waals surface area (Å²) < 4.78 is 1.79. The summed E-state index contributed by atoms with van der Waals surface area (Å²) in [4.78, 5) is 2.24. The van der Waals surface area contributed by atoms with Gasteiger partial charge in [-0.05, 0) is 29.4 Å². The van der Waals surface area contributed by atoms with Gasteiger partial charge in [0.05, 0.1) is 6.20 Å². The van der Waals surface area contributed by atoms with Gasteiger partial charge in [-0.15, -0.1) is 0 Å². The van der Waals surface area contributed by atoms with Gasteiger partial charge >= 0.3 is 0 Å². The quantitative estimate of drug-likeness (QED) is 0.877. The lowest BCUT2D eigenvalue weighted by Gasteiger charge is -2.19. The molecule has 0 amide bonds. The van der Waals surface area contributed by atoms with E-state index in [1.54, 1.807) is 16.0 Å². The van der Waals surface area contributed by atoms with Crippen LogP contribution in [-0.4, -0.2) is 28.3 Å². The second kappa shape index (κ2) is 5.44. The fourth-order valence-electron chi connectivity index (χ4n) is 1.83. The van der Waals surface area contributed by atoms with Crippen LogP contribution in [0.3, 0.4) is 0 Å². The van der Waals surface area contributed by atoms with Crippen molar-refractivity contribution in [3.63, 3.8) is 0 Å². The lowest BCUT2D eigenvalue weighted by Crippen LogP contribution is -2.28. The topological polar surface area (TPSA) is 47.1 Å². The first kappa shape index (κ1) is 12.3. The predicted octanol–water partition coefficient (Wildman–Crippen LogP) is 1.61. The van der Waals surface area contributed by atoms with Crippen molar-refractivity contribution >= 4 is 11.3 Å². The van der Waals surface area contributed by atoms with Gasteiger partial charge in [0.1, 0.15) is 0 Å². The minimum absolute atomic E-state index is 0.0207. The Bertz CT molecular complexity index is 449. The Labute approximate surface area is 106 Å². The number of rotatable bonds is 5. The molecular formula is C12H18N4S. The zero-order chi connectivity index (χ0) is 12.3. The number of aromatic nitrogens is 2. The summed E-state index contributed by atoms with van der Waals surface area (Å²) in [5.41, 5.74) is 8.58. The molecule has 2 aromatic heterocycles. The average molecular weight is 250 g/mol. The Kier molecular flexibility index (Phi) is 3.93. The summed E-state index contributed by atoms with van der Waals surface area (Å²) in [5.74, 6) is 0. The second-order valence-electron chi connectivity index (χ2n) is 4.38. The Morgan fingerprint density at radius 2 is 2.41 bits per heavy atom. The molecule has 2 heterocycles. The molecule has 0 aromatic carbocycles. The van der Waals surface area contributed by atoms with Crippen LogP contribution in [0.15, 0.2) is 29.2 Å². The predicted molar refractivity (Wildman–Crippen MR) is 70.8 cm³/mol. The van der Waals surface area contributed by atoms with Crippen LogP contribution >= 0.6 is 11.3 Å². The van der Waals surface area contributed by atoms with Gasteiger partial charge in [-0.2, -0.15) is 16.4 Å². The van der Waals surface area contributed by atoms with Crippen molar-refractivity contribution in [3.8, 4) is 0 Å². The van der Waals surface area contributed by atoms with Crippen molar-refractivity contribution < 1.29 is 0 Å². The zero-order valence-electron chi connectivity index (χ0n) is 10.2. The van der Waals surface area contributed by atoms with Gasteiger partial charge in [-0.3, -0.25) is 4.68 Å². The number of thiophene rings is 1. The Balaban J connectivity index is 1.88. The zero-order valence-corrected chi connectivity index (χ0v) is 11.0. The van der Waals surface area contributed by atoms with Gasteiger partial charge in [0.25, 0.3) is 0 Å². The van der Waals surface area contributed by atoms with Crippen molar-refractivity contribution in [1.29, 1.82) is 0 Å². The molecule has 0 radical (unpaired) electrons. The Hall–Kier alpha value is -1.17. The Morgan fingerprint density at radius 3 is 3.00 bits per heavy atom. The van der Waals surface area contributed by atoms with E-state index in [1.165, 1.54) is 5.56 Å². The van der Waals surface area contributed by atoms with E-state index >= 15 is 0 Å². The maximum Gasteiger partial charge on any atom is 0.0537 e. The van der Waals surface area contributed by atoms with E-state index < -0.39 is 0 Å². The molecule has 2 N–H and O–H groups in total. The van der Waals surface area contributed by atoms with Crippen LogP contribution in [0.4, 0.5) is 0 Å². The van der Waals surface area contributed by atoms with E-state index in [0.29, 0.717) is 0 Å². The molecule has 0 spiro atoms. The molecule has 0 aliphatic rings. The molecule has 2 aromatic rings. The standard InChI is InChI=1S/C12H18N4S/c1-15(6-10-3-4-17-9-10)8-12(13)11-5-14-16(2)7-11/h3-5,7,9,12H,6,8,13H2,1-2H3. The van der Waals surface area contributed by atoms with Crippen LogP contribution in [0.5, 0.6) is 0 Å². The summed E-state index contributed by atoms with van der Waals surface area (Å²) >= 11 is 1.73. The van der Waals surface area contributed by atoms with E-state index in [2.05, 4.69) is 33.9 Å². The smallest absolute Gasteiger partial charge is 0.0537 e. The van der Waals surface area contributed by atoms with Crippen molar-refractivity contribution in [2.24, 2.45) is 12.8 Å². The van der Waals surface area contributed by atoms with Crippen molar-refractivity contribution in [1.82, 2.24) is 14.7 Å². The summed E-state index contributed by atoms with van der Waals surface area (Å²) in [6.07, 6.45) is 3.81. The molecule has 2 rings (SSSR count). The van der Waals surface area contributed by atoms with Crippen LogP contribution in [-0.2, 0) is 13.6 Å². The van der Waals surface area contributed by atoms with E-state index in [0.717, 1.165) is 18.7 Å². The third-order valence-electron chi connectivity index (χ3n) is 2.69. The Morgan fingerprint density at radius 1 is 1.59 bits per heavy atom. The highest BCUT2D eigenvalue weighted by Crippen LogP contribution is 2.13. The molecular weight excluding hydrogens is 232 g/mol. The molecule has 0 fully saturated rings. The molecule has 1 unspecified atom stereocenters. The van der Waals surface area contributed by atoms with E-state index in [9.17, 15) is 0 Å². The summed E-state index contributed by atoms with van der Waals surface area (Å²) in [6, 6.07) is 2.17. The highest BCUT2D eigenvalue weighted by molar-refractivity contribution is 7.07. The fourth-order valence-corrected chi connectivity index (χ4v) is 2.49. The molecule has 0 bridgehead atoms. The van der Waals surface area contributed by atoms with Crippen LogP contribution < -0.4 is 5.73 Å². The highest BCUT2D eigenvalue weighted by Gasteiger charge is 2.11. The normalized spacial score (nSPS) is 13.2. The maximum atomic E-state index is 6.15. The number of hydrogen-bond acceptors (Lipinski definition) is 4. The number of aryl methyl sites for hydroxylation is 1. The van der Waals surface area contributed by atoms with Gasteiger partial charge < -0.3 is 10.6 Å². The maximum absolute atomic E-state index is 6.15. The van der Waals surface area contributed by atoms with Gasteiger partial charge in [0.15, 0.2) is 0 Å². The minimum Gasteiger partial charge on any atom is -0.323 e.